The Morgan fingerprint density at radius 2 is 2.09 bits per heavy atom. The average Bonchev–Trinajstić information content (AvgIpc) is 2.85. The van der Waals surface area contributed by atoms with Gasteiger partial charge < -0.3 is 4.57 Å². The van der Waals surface area contributed by atoms with Gasteiger partial charge in [-0.25, -0.2) is 0 Å². The van der Waals surface area contributed by atoms with Gasteiger partial charge >= 0.3 is 0 Å². The van der Waals surface area contributed by atoms with E-state index in [0.717, 1.165) is 13.1 Å². The van der Waals surface area contributed by atoms with Crippen LogP contribution in [0.5, 0.6) is 0 Å². The highest BCUT2D eigenvalue weighted by molar-refractivity contribution is 5.87. The number of fused-ring (bicyclic) bond motifs is 3. The molecule has 1 aliphatic heterocycles. The number of hydrogen-bond donors (Lipinski definition) is 0. The maximum absolute atomic E-state index is 9.13. The topological polar surface area (TPSA) is 32.0 Å². The van der Waals surface area contributed by atoms with Gasteiger partial charge in [-0.1, -0.05) is 26.8 Å². The third kappa shape index (κ3) is 2.20. The van der Waals surface area contributed by atoms with E-state index in [0.29, 0.717) is 12.6 Å². The predicted molar refractivity (Wildman–Crippen MR) is 93.5 cm³/mol. The van der Waals surface area contributed by atoms with E-state index in [4.69, 9.17) is 5.26 Å². The van der Waals surface area contributed by atoms with Crippen molar-refractivity contribution >= 4 is 10.9 Å². The third-order valence-corrected chi connectivity index (χ3v) is 5.62. The monoisotopic (exact) mass is 307 g/mol. The lowest BCUT2D eigenvalue weighted by molar-refractivity contribution is 0.160. The predicted octanol–water partition coefficient (Wildman–Crippen LogP) is 4.16. The van der Waals surface area contributed by atoms with Crippen LogP contribution in [0.15, 0.2) is 18.2 Å². The van der Waals surface area contributed by atoms with Gasteiger partial charge in [0.25, 0.3) is 0 Å². The van der Waals surface area contributed by atoms with E-state index in [1.165, 1.54) is 41.4 Å². The molecule has 0 radical (unpaired) electrons. The first-order valence-corrected chi connectivity index (χ1v) is 8.77. The maximum Gasteiger partial charge on any atom is 0.0872 e. The molecule has 2 aromatic rings. The van der Waals surface area contributed by atoms with Crippen molar-refractivity contribution in [1.82, 2.24) is 9.47 Å². The summed E-state index contributed by atoms with van der Waals surface area (Å²) in [5.41, 5.74) is 6.04. The van der Waals surface area contributed by atoms with Crippen LogP contribution in [0.3, 0.4) is 0 Å². The smallest absolute Gasteiger partial charge is 0.0872 e. The van der Waals surface area contributed by atoms with Crippen LogP contribution < -0.4 is 0 Å². The molecule has 23 heavy (non-hydrogen) atoms. The summed E-state index contributed by atoms with van der Waals surface area (Å²) in [7, 11) is 0. The molecule has 1 aromatic carbocycles. The summed E-state index contributed by atoms with van der Waals surface area (Å²) >= 11 is 0. The summed E-state index contributed by atoms with van der Waals surface area (Å²) in [6.07, 6.45) is 3.61. The van der Waals surface area contributed by atoms with Crippen LogP contribution in [0.2, 0.25) is 0 Å². The van der Waals surface area contributed by atoms with Crippen molar-refractivity contribution in [2.45, 2.75) is 58.0 Å². The van der Waals surface area contributed by atoms with Crippen molar-refractivity contribution in [2.75, 3.05) is 13.1 Å². The molecule has 3 heteroatoms. The SMILES string of the molecule is CC(C)(C)c1ccc2c(c1)c1c3n2CCN(CC#N)[C@@H]3CCC1. The Morgan fingerprint density at radius 3 is 2.83 bits per heavy atom. The minimum atomic E-state index is 0.185. The van der Waals surface area contributed by atoms with Crippen molar-refractivity contribution in [1.29, 1.82) is 5.26 Å². The molecule has 2 heterocycles. The highest BCUT2D eigenvalue weighted by Crippen LogP contribution is 2.43. The van der Waals surface area contributed by atoms with Crippen LogP contribution in [-0.4, -0.2) is 22.6 Å². The van der Waals surface area contributed by atoms with E-state index in [-0.39, 0.29) is 5.41 Å². The van der Waals surface area contributed by atoms with E-state index in [1.54, 1.807) is 5.56 Å². The number of nitriles is 1. The number of nitrogens with zero attached hydrogens (tertiary/aromatic N) is 3. The van der Waals surface area contributed by atoms with Gasteiger partial charge in [0.2, 0.25) is 0 Å². The van der Waals surface area contributed by atoms with Crippen molar-refractivity contribution in [3.63, 3.8) is 0 Å². The van der Waals surface area contributed by atoms with Gasteiger partial charge in [-0.2, -0.15) is 5.26 Å². The molecule has 0 saturated carbocycles. The van der Waals surface area contributed by atoms with Crippen molar-refractivity contribution in [3.8, 4) is 6.07 Å². The van der Waals surface area contributed by atoms with E-state index in [1.807, 2.05) is 0 Å². The zero-order chi connectivity index (χ0) is 16.2. The Hall–Kier alpha value is -1.79. The zero-order valence-corrected chi connectivity index (χ0v) is 14.4. The highest BCUT2D eigenvalue weighted by atomic mass is 15.2. The zero-order valence-electron chi connectivity index (χ0n) is 14.4. The molecular formula is C20H25N3. The van der Waals surface area contributed by atoms with Gasteiger partial charge in [0.15, 0.2) is 0 Å². The summed E-state index contributed by atoms with van der Waals surface area (Å²) in [6, 6.07) is 9.85. The molecule has 0 N–H and O–H groups in total. The molecule has 0 unspecified atom stereocenters. The molecule has 1 aliphatic carbocycles. The van der Waals surface area contributed by atoms with Gasteiger partial charge in [0.1, 0.15) is 0 Å². The van der Waals surface area contributed by atoms with Gasteiger partial charge in [-0.3, -0.25) is 4.90 Å². The molecule has 0 amide bonds. The van der Waals surface area contributed by atoms with Crippen molar-refractivity contribution in [2.24, 2.45) is 0 Å². The van der Waals surface area contributed by atoms with Gasteiger partial charge in [-0.15, -0.1) is 0 Å². The Balaban J connectivity index is 1.92. The summed E-state index contributed by atoms with van der Waals surface area (Å²) < 4.78 is 2.54. The van der Waals surface area contributed by atoms with Crippen molar-refractivity contribution < 1.29 is 0 Å². The third-order valence-electron chi connectivity index (χ3n) is 5.62. The molecule has 4 rings (SSSR count). The number of rotatable bonds is 1. The second-order valence-corrected chi connectivity index (χ2v) is 8.03. The van der Waals surface area contributed by atoms with Crippen LogP contribution in [0.1, 0.15) is 56.5 Å². The van der Waals surface area contributed by atoms with Crippen LogP contribution in [-0.2, 0) is 18.4 Å². The Morgan fingerprint density at radius 1 is 1.26 bits per heavy atom. The molecule has 1 atom stereocenters. The summed E-state index contributed by atoms with van der Waals surface area (Å²) in [5, 5.41) is 10.6. The maximum atomic E-state index is 9.13. The standard InChI is InChI=1S/C20H25N3/c1-20(2,3)14-7-8-17-16(13-14)15-5-4-6-18-19(15)23(17)12-11-22(18)10-9-21/h7-8,13,18H,4-6,10-12H2,1-3H3/t18-/m1/s1. The number of aromatic nitrogens is 1. The van der Waals surface area contributed by atoms with Crippen LogP contribution in [0, 0.1) is 11.3 Å². The molecule has 0 fully saturated rings. The molecular weight excluding hydrogens is 282 g/mol. The average molecular weight is 307 g/mol. The van der Waals surface area contributed by atoms with Gasteiger partial charge in [-0.05, 0) is 47.9 Å². The van der Waals surface area contributed by atoms with E-state index >= 15 is 0 Å². The minimum absolute atomic E-state index is 0.185. The Bertz CT molecular complexity index is 801. The van der Waals surface area contributed by atoms with Gasteiger partial charge in [0, 0.05) is 29.7 Å². The molecule has 0 spiro atoms. The number of hydrogen-bond acceptors (Lipinski definition) is 2. The number of benzene rings is 1. The van der Waals surface area contributed by atoms with Crippen LogP contribution in [0.25, 0.3) is 10.9 Å². The van der Waals surface area contributed by atoms with Crippen LogP contribution in [0.4, 0.5) is 0 Å². The molecule has 120 valence electrons. The fourth-order valence-corrected chi connectivity index (χ4v) is 4.42. The minimum Gasteiger partial charge on any atom is -0.342 e. The van der Waals surface area contributed by atoms with E-state index in [9.17, 15) is 0 Å². The van der Waals surface area contributed by atoms with E-state index < -0.39 is 0 Å². The molecule has 1 aromatic heterocycles. The molecule has 0 bridgehead atoms. The Kier molecular flexibility index (Phi) is 3.28. The molecule has 0 saturated heterocycles. The van der Waals surface area contributed by atoms with Gasteiger partial charge in [0.05, 0.1) is 18.7 Å². The number of aryl methyl sites for hydroxylation is 1. The fraction of sp³-hybridized carbons (Fsp3) is 0.550. The second-order valence-electron chi connectivity index (χ2n) is 8.03. The first kappa shape index (κ1) is 14.8. The quantitative estimate of drug-likeness (QED) is 0.741. The van der Waals surface area contributed by atoms with E-state index in [2.05, 4.69) is 54.5 Å². The largest absolute Gasteiger partial charge is 0.342 e. The first-order valence-electron chi connectivity index (χ1n) is 8.77. The normalized spacial score (nSPS) is 21.2. The Labute approximate surface area is 138 Å². The van der Waals surface area contributed by atoms with Crippen LogP contribution >= 0.6 is 0 Å². The van der Waals surface area contributed by atoms with Crippen molar-refractivity contribution in [3.05, 3.63) is 35.0 Å². The lowest BCUT2D eigenvalue weighted by atomic mass is 9.85. The lowest BCUT2D eigenvalue weighted by Crippen LogP contribution is -2.39. The highest BCUT2D eigenvalue weighted by Gasteiger charge is 2.34. The summed E-state index contributed by atoms with van der Waals surface area (Å²) in [6.45, 7) is 9.42. The summed E-state index contributed by atoms with van der Waals surface area (Å²) in [5.74, 6) is 0. The summed E-state index contributed by atoms with van der Waals surface area (Å²) in [4.78, 5) is 2.38. The molecule has 3 nitrogen and oxygen atoms in total. The molecule has 2 aliphatic rings. The lowest BCUT2D eigenvalue weighted by Gasteiger charge is -2.38. The second kappa shape index (κ2) is 5.11. The first-order chi connectivity index (χ1) is 11.0. The fourth-order valence-electron chi connectivity index (χ4n) is 4.42.